The normalized spacial score (nSPS) is 12.5. The molecule has 0 heterocycles. The van der Waals surface area contributed by atoms with Crippen molar-refractivity contribution in [1.82, 2.24) is 5.32 Å². The van der Waals surface area contributed by atoms with Gasteiger partial charge < -0.3 is 10.1 Å². The van der Waals surface area contributed by atoms with Crippen molar-refractivity contribution < 1.29 is 9.13 Å². The molecule has 1 aromatic rings. The van der Waals surface area contributed by atoms with E-state index in [0.717, 1.165) is 24.3 Å². The lowest BCUT2D eigenvalue weighted by atomic mass is 10.2. The van der Waals surface area contributed by atoms with Gasteiger partial charge >= 0.3 is 0 Å². The number of aryl methyl sites for hydroxylation is 1. The molecular weight excluding hydrogens is 205 g/mol. The summed E-state index contributed by atoms with van der Waals surface area (Å²) in [6, 6.07) is 4.90. The lowest BCUT2D eigenvalue weighted by molar-refractivity contribution is 0.272. The monoisotopic (exact) mass is 225 g/mol. The topological polar surface area (TPSA) is 21.3 Å². The van der Waals surface area contributed by atoms with Crippen LogP contribution in [0.3, 0.4) is 0 Å². The van der Waals surface area contributed by atoms with E-state index in [9.17, 15) is 4.39 Å². The van der Waals surface area contributed by atoms with Gasteiger partial charge in [0, 0.05) is 6.04 Å². The van der Waals surface area contributed by atoms with Gasteiger partial charge in [0.2, 0.25) is 0 Å². The van der Waals surface area contributed by atoms with Gasteiger partial charge in [0.05, 0.1) is 0 Å². The molecule has 0 fully saturated rings. The van der Waals surface area contributed by atoms with Crippen LogP contribution >= 0.6 is 0 Å². The molecule has 90 valence electrons. The zero-order chi connectivity index (χ0) is 12.0. The summed E-state index contributed by atoms with van der Waals surface area (Å²) in [6.45, 7) is 7.65. The Morgan fingerprint density at radius 3 is 2.81 bits per heavy atom. The second-order valence-electron chi connectivity index (χ2n) is 4.08. The summed E-state index contributed by atoms with van der Waals surface area (Å²) in [4.78, 5) is 0. The second-order valence-corrected chi connectivity index (χ2v) is 4.08. The van der Waals surface area contributed by atoms with Crippen molar-refractivity contribution in [3.63, 3.8) is 0 Å². The maximum atomic E-state index is 12.8. The standard InChI is InChI=1S/C13H20FNO/c1-4-7-15-11(3)9-16-13-6-5-12(14)8-10(13)2/h5-6,8,11,15H,4,7,9H2,1-3H3. The minimum absolute atomic E-state index is 0.220. The molecule has 0 saturated carbocycles. The van der Waals surface area contributed by atoms with E-state index in [1.165, 1.54) is 12.1 Å². The summed E-state index contributed by atoms with van der Waals surface area (Å²) in [7, 11) is 0. The molecule has 0 aliphatic heterocycles. The molecule has 16 heavy (non-hydrogen) atoms. The fourth-order valence-corrected chi connectivity index (χ4v) is 1.44. The first kappa shape index (κ1) is 13.0. The summed E-state index contributed by atoms with van der Waals surface area (Å²) >= 11 is 0. The maximum Gasteiger partial charge on any atom is 0.123 e. The van der Waals surface area contributed by atoms with Crippen molar-refractivity contribution in [3.8, 4) is 5.75 Å². The highest BCUT2D eigenvalue weighted by molar-refractivity contribution is 5.32. The Balaban J connectivity index is 2.42. The van der Waals surface area contributed by atoms with E-state index in [2.05, 4.69) is 19.2 Å². The molecule has 1 rings (SSSR count). The molecule has 2 nitrogen and oxygen atoms in total. The van der Waals surface area contributed by atoms with E-state index in [1.54, 1.807) is 6.07 Å². The van der Waals surface area contributed by atoms with Crippen molar-refractivity contribution in [2.45, 2.75) is 33.2 Å². The van der Waals surface area contributed by atoms with Gasteiger partial charge in [-0.05, 0) is 50.6 Å². The van der Waals surface area contributed by atoms with E-state index >= 15 is 0 Å². The van der Waals surface area contributed by atoms with E-state index in [-0.39, 0.29) is 5.82 Å². The van der Waals surface area contributed by atoms with Crippen molar-refractivity contribution in [2.24, 2.45) is 0 Å². The van der Waals surface area contributed by atoms with Gasteiger partial charge in [0.15, 0.2) is 0 Å². The molecule has 1 atom stereocenters. The Bertz CT molecular complexity index is 328. The molecule has 0 aliphatic rings. The predicted molar refractivity (Wildman–Crippen MR) is 64.4 cm³/mol. The Morgan fingerprint density at radius 1 is 1.44 bits per heavy atom. The molecule has 3 heteroatoms. The molecule has 0 radical (unpaired) electrons. The van der Waals surface area contributed by atoms with Crippen LogP contribution in [-0.4, -0.2) is 19.2 Å². The summed E-state index contributed by atoms with van der Waals surface area (Å²) < 4.78 is 18.5. The first-order valence-corrected chi connectivity index (χ1v) is 5.75. The van der Waals surface area contributed by atoms with Gasteiger partial charge in [-0.15, -0.1) is 0 Å². The third kappa shape index (κ3) is 4.19. The van der Waals surface area contributed by atoms with Crippen LogP contribution in [0.15, 0.2) is 18.2 Å². The van der Waals surface area contributed by atoms with Crippen LogP contribution in [0.1, 0.15) is 25.8 Å². The second kappa shape index (κ2) is 6.48. The number of halogens is 1. The quantitative estimate of drug-likeness (QED) is 0.803. The largest absolute Gasteiger partial charge is 0.492 e. The minimum Gasteiger partial charge on any atom is -0.492 e. The van der Waals surface area contributed by atoms with E-state index in [4.69, 9.17) is 4.74 Å². The average molecular weight is 225 g/mol. The number of hydrogen-bond acceptors (Lipinski definition) is 2. The van der Waals surface area contributed by atoms with Crippen LogP contribution < -0.4 is 10.1 Å². The van der Waals surface area contributed by atoms with Gasteiger partial charge in [0.25, 0.3) is 0 Å². The summed E-state index contributed by atoms with van der Waals surface area (Å²) in [5, 5.41) is 3.33. The third-order valence-corrected chi connectivity index (χ3v) is 2.37. The van der Waals surface area contributed by atoms with Crippen LogP contribution in [0.2, 0.25) is 0 Å². The van der Waals surface area contributed by atoms with Crippen LogP contribution in [-0.2, 0) is 0 Å². The van der Waals surface area contributed by atoms with Crippen molar-refractivity contribution >= 4 is 0 Å². The van der Waals surface area contributed by atoms with E-state index in [1.807, 2.05) is 6.92 Å². The molecule has 1 unspecified atom stereocenters. The van der Waals surface area contributed by atoms with Gasteiger partial charge in [-0.2, -0.15) is 0 Å². The first-order valence-electron chi connectivity index (χ1n) is 5.75. The van der Waals surface area contributed by atoms with Gasteiger partial charge in [0.1, 0.15) is 18.2 Å². The van der Waals surface area contributed by atoms with E-state index in [0.29, 0.717) is 12.6 Å². The smallest absolute Gasteiger partial charge is 0.123 e. The van der Waals surface area contributed by atoms with Crippen molar-refractivity contribution in [3.05, 3.63) is 29.6 Å². The number of rotatable bonds is 6. The van der Waals surface area contributed by atoms with Gasteiger partial charge in [-0.3, -0.25) is 0 Å². The number of ether oxygens (including phenoxy) is 1. The third-order valence-electron chi connectivity index (χ3n) is 2.37. The Hall–Kier alpha value is -1.09. The van der Waals surface area contributed by atoms with E-state index < -0.39 is 0 Å². The number of benzene rings is 1. The van der Waals surface area contributed by atoms with Crippen LogP contribution in [0.5, 0.6) is 5.75 Å². The maximum absolute atomic E-state index is 12.8. The Morgan fingerprint density at radius 2 is 2.19 bits per heavy atom. The van der Waals surface area contributed by atoms with Gasteiger partial charge in [-0.1, -0.05) is 6.92 Å². The highest BCUT2D eigenvalue weighted by atomic mass is 19.1. The molecule has 0 saturated heterocycles. The van der Waals surface area contributed by atoms with Crippen LogP contribution in [0.25, 0.3) is 0 Å². The molecule has 1 aromatic carbocycles. The summed E-state index contributed by atoms with van der Waals surface area (Å²) in [5.74, 6) is 0.536. The lowest BCUT2D eigenvalue weighted by Crippen LogP contribution is -2.32. The fraction of sp³-hybridized carbons (Fsp3) is 0.538. The lowest BCUT2D eigenvalue weighted by Gasteiger charge is -2.15. The molecule has 0 aliphatic carbocycles. The number of hydrogen-bond donors (Lipinski definition) is 1. The SMILES string of the molecule is CCCNC(C)COc1ccc(F)cc1C. The summed E-state index contributed by atoms with van der Waals surface area (Å²) in [6.07, 6.45) is 1.11. The van der Waals surface area contributed by atoms with Crippen molar-refractivity contribution in [1.29, 1.82) is 0 Å². The molecule has 1 N–H and O–H groups in total. The minimum atomic E-state index is -0.220. The van der Waals surface area contributed by atoms with Crippen molar-refractivity contribution in [2.75, 3.05) is 13.2 Å². The molecular formula is C13H20FNO. The highest BCUT2D eigenvalue weighted by Gasteiger charge is 2.04. The van der Waals surface area contributed by atoms with Gasteiger partial charge in [-0.25, -0.2) is 4.39 Å². The molecule has 0 aromatic heterocycles. The molecule has 0 bridgehead atoms. The molecule has 0 amide bonds. The fourth-order valence-electron chi connectivity index (χ4n) is 1.44. The number of nitrogens with one attached hydrogen (secondary N) is 1. The zero-order valence-electron chi connectivity index (χ0n) is 10.2. The van der Waals surface area contributed by atoms with Crippen LogP contribution in [0, 0.1) is 12.7 Å². The summed E-state index contributed by atoms with van der Waals surface area (Å²) in [5.41, 5.74) is 0.836. The van der Waals surface area contributed by atoms with Crippen LogP contribution in [0.4, 0.5) is 4.39 Å². The average Bonchev–Trinajstić information content (AvgIpc) is 2.25. The molecule has 0 spiro atoms. The highest BCUT2D eigenvalue weighted by Crippen LogP contribution is 2.18. The zero-order valence-corrected chi connectivity index (χ0v) is 10.2. The predicted octanol–water partition coefficient (Wildman–Crippen LogP) is 2.90. The Kier molecular flexibility index (Phi) is 5.26. The Labute approximate surface area is 96.8 Å². The first-order chi connectivity index (χ1) is 7.63.